The summed E-state index contributed by atoms with van der Waals surface area (Å²) in [5.41, 5.74) is 0.595. The molecule has 4 rings (SSSR count). The van der Waals surface area contributed by atoms with Gasteiger partial charge in [0.2, 0.25) is 0 Å². The number of benzene rings is 1. The second-order valence-electron chi connectivity index (χ2n) is 7.72. The van der Waals surface area contributed by atoms with E-state index in [-0.39, 0.29) is 33.2 Å². The zero-order chi connectivity index (χ0) is 23.0. The van der Waals surface area contributed by atoms with Crippen molar-refractivity contribution in [1.82, 2.24) is 4.57 Å². The second-order valence-corrected chi connectivity index (χ2v) is 10.1. The van der Waals surface area contributed by atoms with Crippen LogP contribution in [-0.2, 0) is 9.53 Å². The lowest BCUT2D eigenvalue weighted by molar-refractivity contribution is -0.140. The number of hydrogen-bond donors (Lipinski definition) is 0. The predicted molar refractivity (Wildman–Crippen MR) is 125 cm³/mol. The maximum atomic E-state index is 14.3. The van der Waals surface area contributed by atoms with Gasteiger partial charge in [0.25, 0.3) is 5.56 Å². The van der Waals surface area contributed by atoms with E-state index in [2.05, 4.69) is 4.99 Å². The normalized spacial score (nSPS) is 16.3. The third-order valence-corrected chi connectivity index (χ3v) is 7.11. The van der Waals surface area contributed by atoms with E-state index in [9.17, 15) is 14.0 Å². The van der Waals surface area contributed by atoms with Gasteiger partial charge < -0.3 is 4.74 Å². The topological polar surface area (TPSA) is 60.7 Å². The standard InChI is InChI=1S/C23H20ClFN2O3S2/c1-12(2)11-30-22(29)19-13(3)26-23-27(20(19)17-8-5-9-31-17)21(28)18(32-23)10-14-15(24)6-4-7-16(14)25/h4-10,12,20H,11H2,1-3H3/b18-10-. The zero-order valence-corrected chi connectivity index (χ0v) is 20.0. The van der Waals surface area contributed by atoms with Gasteiger partial charge in [-0.3, -0.25) is 9.36 Å². The van der Waals surface area contributed by atoms with Gasteiger partial charge in [0.05, 0.1) is 27.4 Å². The number of fused-ring (bicyclic) bond motifs is 1. The summed E-state index contributed by atoms with van der Waals surface area (Å²) in [6.07, 6.45) is 1.43. The van der Waals surface area contributed by atoms with E-state index >= 15 is 0 Å². The largest absolute Gasteiger partial charge is 0.462 e. The molecule has 0 amide bonds. The van der Waals surface area contributed by atoms with Crippen molar-refractivity contribution in [1.29, 1.82) is 0 Å². The van der Waals surface area contributed by atoms with Crippen molar-refractivity contribution in [2.75, 3.05) is 6.61 Å². The van der Waals surface area contributed by atoms with Gasteiger partial charge in [0.15, 0.2) is 4.80 Å². The quantitative estimate of drug-likeness (QED) is 0.501. The summed E-state index contributed by atoms with van der Waals surface area (Å²) in [5, 5.41) is 2.09. The number of esters is 1. The summed E-state index contributed by atoms with van der Waals surface area (Å²) < 4.78 is 21.6. The molecule has 1 unspecified atom stereocenters. The van der Waals surface area contributed by atoms with Crippen LogP contribution in [-0.4, -0.2) is 17.1 Å². The van der Waals surface area contributed by atoms with E-state index in [0.717, 1.165) is 16.2 Å². The molecule has 0 spiro atoms. The Hall–Kier alpha value is -2.55. The smallest absolute Gasteiger partial charge is 0.338 e. The van der Waals surface area contributed by atoms with Crippen LogP contribution in [0, 0.1) is 11.7 Å². The summed E-state index contributed by atoms with van der Waals surface area (Å²) in [5.74, 6) is -0.844. The van der Waals surface area contributed by atoms with E-state index in [1.165, 1.54) is 34.1 Å². The average Bonchev–Trinajstić information content (AvgIpc) is 3.37. The molecule has 0 saturated heterocycles. The molecule has 32 heavy (non-hydrogen) atoms. The van der Waals surface area contributed by atoms with Crippen molar-refractivity contribution in [3.8, 4) is 0 Å². The van der Waals surface area contributed by atoms with Crippen LogP contribution in [0.1, 0.15) is 37.3 Å². The molecule has 3 aromatic rings. The average molecular weight is 491 g/mol. The van der Waals surface area contributed by atoms with Gasteiger partial charge in [0.1, 0.15) is 11.9 Å². The molecule has 0 fully saturated rings. The molecule has 1 aliphatic rings. The summed E-state index contributed by atoms with van der Waals surface area (Å²) in [4.78, 5) is 32.2. The Morgan fingerprint density at radius 3 is 2.78 bits per heavy atom. The Morgan fingerprint density at radius 2 is 2.12 bits per heavy atom. The molecular weight excluding hydrogens is 471 g/mol. The van der Waals surface area contributed by atoms with Gasteiger partial charge in [-0.25, -0.2) is 14.2 Å². The Kier molecular flexibility index (Phi) is 6.46. The van der Waals surface area contributed by atoms with Crippen LogP contribution in [0.5, 0.6) is 0 Å². The molecule has 166 valence electrons. The zero-order valence-electron chi connectivity index (χ0n) is 17.6. The third kappa shape index (κ3) is 4.22. The van der Waals surface area contributed by atoms with Crippen molar-refractivity contribution < 1.29 is 13.9 Å². The molecule has 1 aromatic carbocycles. The number of ether oxygens (including phenoxy) is 1. The SMILES string of the molecule is CC1=C(C(=O)OCC(C)C)C(c2cccs2)n2c(s/c(=C\c3c(F)cccc3Cl)c2=O)=N1. The van der Waals surface area contributed by atoms with Gasteiger partial charge in [-0.05, 0) is 42.5 Å². The molecule has 0 bridgehead atoms. The first kappa shape index (κ1) is 22.6. The van der Waals surface area contributed by atoms with Gasteiger partial charge in [0, 0.05) is 10.4 Å². The molecule has 0 N–H and O–H groups in total. The van der Waals surface area contributed by atoms with Crippen molar-refractivity contribution in [2.45, 2.75) is 26.8 Å². The first-order chi connectivity index (χ1) is 15.3. The molecule has 0 aliphatic carbocycles. The minimum Gasteiger partial charge on any atom is -0.462 e. The van der Waals surface area contributed by atoms with Crippen LogP contribution in [0.15, 0.2) is 56.8 Å². The first-order valence-electron chi connectivity index (χ1n) is 9.95. The molecule has 5 nitrogen and oxygen atoms in total. The Morgan fingerprint density at radius 1 is 1.34 bits per heavy atom. The fourth-order valence-electron chi connectivity index (χ4n) is 3.40. The highest BCUT2D eigenvalue weighted by Gasteiger charge is 2.34. The van der Waals surface area contributed by atoms with Crippen molar-refractivity contribution >= 4 is 46.3 Å². The summed E-state index contributed by atoms with van der Waals surface area (Å²) in [6.45, 7) is 5.91. The summed E-state index contributed by atoms with van der Waals surface area (Å²) in [7, 11) is 0. The molecule has 3 heterocycles. The van der Waals surface area contributed by atoms with Crippen LogP contribution in [0.3, 0.4) is 0 Å². The van der Waals surface area contributed by atoms with E-state index in [1.54, 1.807) is 13.0 Å². The third-order valence-electron chi connectivity index (χ3n) is 4.88. The lowest BCUT2D eigenvalue weighted by Gasteiger charge is -2.23. The number of thiophene rings is 1. The number of halogens is 2. The van der Waals surface area contributed by atoms with Crippen LogP contribution < -0.4 is 14.9 Å². The highest BCUT2D eigenvalue weighted by molar-refractivity contribution is 7.10. The molecule has 9 heteroatoms. The highest BCUT2D eigenvalue weighted by atomic mass is 35.5. The molecule has 1 atom stereocenters. The Labute approximate surface area is 196 Å². The summed E-state index contributed by atoms with van der Waals surface area (Å²) in [6, 6.07) is 7.43. The first-order valence-corrected chi connectivity index (χ1v) is 12.0. The fourth-order valence-corrected chi connectivity index (χ4v) is 5.47. The number of aromatic nitrogens is 1. The molecule has 1 aliphatic heterocycles. The lowest BCUT2D eigenvalue weighted by Crippen LogP contribution is -2.39. The number of hydrogen-bond acceptors (Lipinski definition) is 6. The predicted octanol–water partition coefficient (Wildman–Crippen LogP) is 4.29. The van der Waals surface area contributed by atoms with Gasteiger partial charge in [-0.15, -0.1) is 11.3 Å². The van der Waals surface area contributed by atoms with Crippen molar-refractivity contribution in [3.63, 3.8) is 0 Å². The van der Waals surface area contributed by atoms with Gasteiger partial charge in [-0.2, -0.15) is 0 Å². The Bertz CT molecular complexity index is 1370. The highest BCUT2D eigenvalue weighted by Crippen LogP contribution is 2.33. The van der Waals surface area contributed by atoms with E-state index in [1.807, 2.05) is 31.4 Å². The van der Waals surface area contributed by atoms with E-state index in [4.69, 9.17) is 16.3 Å². The van der Waals surface area contributed by atoms with Crippen molar-refractivity contribution in [2.24, 2.45) is 10.9 Å². The van der Waals surface area contributed by atoms with Crippen LogP contribution in [0.2, 0.25) is 5.02 Å². The van der Waals surface area contributed by atoms with Gasteiger partial charge in [-0.1, -0.05) is 48.9 Å². The van der Waals surface area contributed by atoms with Gasteiger partial charge >= 0.3 is 5.97 Å². The minimum atomic E-state index is -0.663. The number of carbonyl (C=O) groups excluding carboxylic acids is 1. The maximum absolute atomic E-state index is 14.3. The number of carbonyl (C=O) groups is 1. The molecule has 0 radical (unpaired) electrons. The number of allylic oxidation sites excluding steroid dienone is 1. The number of nitrogens with zero attached hydrogens (tertiary/aromatic N) is 2. The fraction of sp³-hybridized carbons (Fsp3) is 0.261. The van der Waals surface area contributed by atoms with Crippen molar-refractivity contribution in [3.05, 3.63) is 88.0 Å². The summed E-state index contributed by atoms with van der Waals surface area (Å²) >= 11 is 8.72. The lowest BCUT2D eigenvalue weighted by atomic mass is 10.0. The van der Waals surface area contributed by atoms with E-state index in [0.29, 0.717) is 16.1 Å². The molecule has 0 saturated carbocycles. The van der Waals surface area contributed by atoms with Crippen LogP contribution in [0.25, 0.3) is 6.08 Å². The monoisotopic (exact) mass is 490 g/mol. The van der Waals surface area contributed by atoms with Crippen LogP contribution in [0.4, 0.5) is 4.39 Å². The van der Waals surface area contributed by atoms with Crippen LogP contribution >= 0.6 is 34.3 Å². The molecule has 2 aromatic heterocycles. The number of rotatable bonds is 5. The Balaban J connectivity index is 1.91. The maximum Gasteiger partial charge on any atom is 0.338 e. The molecular formula is C23H20ClFN2O3S2. The second kappa shape index (κ2) is 9.13. The minimum absolute atomic E-state index is 0.138. The number of thiazole rings is 1. The van der Waals surface area contributed by atoms with E-state index < -0.39 is 17.8 Å².